The Labute approximate surface area is 168 Å². The van der Waals surface area contributed by atoms with Crippen LogP contribution in [0.15, 0.2) is 52.6 Å². The molecule has 148 valence electrons. The Morgan fingerprint density at radius 1 is 1.31 bits per heavy atom. The number of thiazole rings is 1. The lowest BCUT2D eigenvalue weighted by Crippen LogP contribution is -2.19. The molecule has 0 aliphatic heterocycles. The van der Waals surface area contributed by atoms with E-state index >= 15 is 0 Å². The topological polar surface area (TPSA) is 73.0 Å². The number of aromatic nitrogens is 3. The molecule has 0 spiro atoms. The number of benzene rings is 1. The maximum atomic E-state index is 14.0. The van der Waals surface area contributed by atoms with E-state index in [4.69, 9.17) is 4.42 Å². The highest BCUT2D eigenvalue weighted by molar-refractivity contribution is 7.13. The fourth-order valence-electron chi connectivity index (χ4n) is 2.83. The fraction of sp³-hybridized carbons (Fsp3) is 0.150. The molecule has 0 radical (unpaired) electrons. The molecule has 0 saturated heterocycles. The number of amides is 1. The monoisotopic (exact) mass is 414 g/mol. The number of hydrogen-bond acceptors (Lipinski definition) is 5. The number of carbonyl (C=O) groups is 1. The van der Waals surface area contributed by atoms with Gasteiger partial charge in [0, 0.05) is 16.5 Å². The first-order chi connectivity index (χ1) is 14.0. The van der Waals surface area contributed by atoms with E-state index in [2.05, 4.69) is 15.4 Å². The average molecular weight is 414 g/mol. The van der Waals surface area contributed by atoms with E-state index < -0.39 is 11.6 Å². The summed E-state index contributed by atoms with van der Waals surface area (Å²) in [7, 11) is 0. The van der Waals surface area contributed by atoms with Gasteiger partial charge in [-0.05, 0) is 37.3 Å². The minimum absolute atomic E-state index is 0.00755. The van der Waals surface area contributed by atoms with E-state index in [9.17, 15) is 13.6 Å². The van der Waals surface area contributed by atoms with Crippen molar-refractivity contribution in [1.29, 1.82) is 0 Å². The lowest BCUT2D eigenvalue weighted by molar-refractivity contribution is -0.115. The molecule has 1 amide bonds. The first-order valence-corrected chi connectivity index (χ1v) is 9.62. The van der Waals surface area contributed by atoms with Crippen LogP contribution in [-0.2, 0) is 17.8 Å². The largest absolute Gasteiger partial charge is 0.462 e. The highest BCUT2D eigenvalue weighted by atomic mass is 32.1. The third-order valence-corrected chi connectivity index (χ3v) is 5.14. The molecule has 0 bridgehead atoms. The molecule has 4 aromatic rings. The Balaban J connectivity index is 1.47. The number of furan rings is 1. The van der Waals surface area contributed by atoms with E-state index in [1.807, 2.05) is 0 Å². The summed E-state index contributed by atoms with van der Waals surface area (Å²) in [6, 6.07) is 6.81. The van der Waals surface area contributed by atoms with Gasteiger partial charge in [0.05, 0.1) is 31.1 Å². The molecule has 3 heterocycles. The molecular weight excluding hydrogens is 398 g/mol. The van der Waals surface area contributed by atoms with Crippen molar-refractivity contribution in [3.05, 3.63) is 76.6 Å². The smallest absolute Gasteiger partial charge is 0.231 e. The summed E-state index contributed by atoms with van der Waals surface area (Å²) < 4.78 is 34.1. The number of rotatable bonds is 6. The number of anilines is 1. The van der Waals surface area contributed by atoms with Crippen molar-refractivity contribution in [2.45, 2.75) is 19.9 Å². The zero-order valence-electron chi connectivity index (χ0n) is 15.4. The van der Waals surface area contributed by atoms with Gasteiger partial charge in [-0.25, -0.2) is 18.4 Å². The number of halogens is 2. The summed E-state index contributed by atoms with van der Waals surface area (Å²) in [5.74, 6) is -0.282. The number of nitrogens with one attached hydrogen (secondary N) is 1. The van der Waals surface area contributed by atoms with Gasteiger partial charge in [0.25, 0.3) is 0 Å². The van der Waals surface area contributed by atoms with Gasteiger partial charge < -0.3 is 9.73 Å². The minimum atomic E-state index is -0.537. The standard InChI is InChI=1S/C20H16F2N4O2S/c1-12-9-23-26(10-13-7-14(21)4-5-16(13)22)19(12)25-18(27)8-15-11-29-20(24-15)17-3-2-6-28-17/h2-7,9,11H,8,10H2,1H3,(H,25,27). The van der Waals surface area contributed by atoms with Crippen molar-refractivity contribution in [2.24, 2.45) is 0 Å². The normalized spacial score (nSPS) is 11.0. The molecule has 1 N–H and O–H groups in total. The second kappa shape index (κ2) is 7.96. The molecule has 4 rings (SSSR count). The summed E-state index contributed by atoms with van der Waals surface area (Å²) >= 11 is 1.39. The third-order valence-electron chi connectivity index (χ3n) is 4.23. The molecule has 0 fully saturated rings. The lowest BCUT2D eigenvalue weighted by Gasteiger charge is -2.11. The van der Waals surface area contributed by atoms with Crippen molar-refractivity contribution in [1.82, 2.24) is 14.8 Å². The fourth-order valence-corrected chi connectivity index (χ4v) is 3.62. The van der Waals surface area contributed by atoms with E-state index in [1.165, 1.54) is 16.0 Å². The number of aryl methyl sites for hydroxylation is 1. The Kier molecular flexibility index (Phi) is 5.22. The van der Waals surface area contributed by atoms with Gasteiger partial charge in [0.2, 0.25) is 5.91 Å². The van der Waals surface area contributed by atoms with Gasteiger partial charge in [-0.2, -0.15) is 5.10 Å². The van der Waals surface area contributed by atoms with Crippen LogP contribution in [0.2, 0.25) is 0 Å². The van der Waals surface area contributed by atoms with Crippen LogP contribution < -0.4 is 5.32 Å². The van der Waals surface area contributed by atoms with Crippen LogP contribution in [-0.4, -0.2) is 20.7 Å². The Morgan fingerprint density at radius 3 is 2.97 bits per heavy atom. The van der Waals surface area contributed by atoms with Gasteiger partial charge >= 0.3 is 0 Å². The molecule has 6 nitrogen and oxygen atoms in total. The molecular formula is C20H16F2N4O2S. The first kappa shape index (κ1) is 19.0. The second-order valence-corrected chi connectivity index (χ2v) is 7.27. The van der Waals surface area contributed by atoms with Crippen LogP contribution in [0.5, 0.6) is 0 Å². The molecule has 1 aromatic carbocycles. The maximum Gasteiger partial charge on any atom is 0.231 e. The van der Waals surface area contributed by atoms with Crippen LogP contribution in [0.3, 0.4) is 0 Å². The SMILES string of the molecule is Cc1cnn(Cc2cc(F)ccc2F)c1NC(=O)Cc1csc(-c2ccco2)n1. The molecule has 0 saturated carbocycles. The van der Waals surface area contributed by atoms with Crippen LogP contribution >= 0.6 is 11.3 Å². The molecule has 0 atom stereocenters. The van der Waals surface area contributed by atoms with Crippen molar-refractivity contribution in [2.75, 3.05) is 5.32 Å². The zero-order valence-corrected chi connectivity index (χ0v) is 16.2. The molecule has 9 heteroatoms. The van der Waals surface area contributed by atoms with Gasteiger partial charge in [-0.1, -0.05) is 0 Å². The third kappa shape index (κ3) is 4.24. The van der Waals surface area contributed by atoms with Crippen LogP contribution in [0.25, 0.3) is 10.8 Å². The molecule has 29 heavy (non-hydrogen) atoms. The summed E-state index contributed by atoms with van der Waals surface area (Å²) in [5, 5.41) is 9.45. The predicted octanol–water partition coefficient (Wildman–Crippen LogP) is 4.42. The second-order valence-electron chi connectivity index (χ2n) is 6.42. The van der Waals surface area contributed by atoms with E-state index in [0.29, 0.717) is 27.8 Å². The predicted molar refractivity (Wildman–Crippen MR) is 105 cm³/mol. The Hall–Kier alpha value is -3.33. The van der Waals surface area contributed by atoms with Crippen molar-refractivity contribution in [3.8, 4) is 10.8 Å². The summed E-state index contributed by atoms with van der Waals surface area (Å²) in [6.07, 6.45) is 3.19. The van der Waals surface area contributed by atoms with Gasteiger partial charge in [-0.15, -0.1) is 11.3 Å². The minimum Gasteiger partial charge on any atom is -0.462 e. The first-order valence-electron chi connectivity index (χ1n) is 8.74. The molecule has 0 aliphatic carbocycles. The van der Waals surface area contributed by atoms with Crippen molar-refractivity contribution in [3.63, 3.8) is 0 Å². The average Bonchev–Trinajstić information content (AvgIpc) is 3.42. The summed E-state index contributed by atoms with van der Waals surface area (Å²) in [4.78, 5) is 16.9. The van der Waals surface area contributed by atoms with E-state index in [-0.39, 0.29) is 24.4 Å². The van der Waals surface area contributed by atoms with Gasteiger partial charge in [-0.3, -0.25) is 4.79 Å². The Morgan fingerprint density at radius 2 is 2.17 bits per heavy atom. The quantitative estimate of drug-likeness (QED) is 0.507. The number of carbonyl (C=O) groups excluding carboxylic acids is 1. The van der Waals surface area contributed by atoms with E-state index in [0.717, 1.165) is 18.2 Å². The number of nitrogens with zero attached hydrogens (tertiary/aromatic N) is 3. The van der Waals surface area contributed by atoms with Crippen LogP contribution in [0, 0.1) is 18.6 Å². The highest BCUT2D eigenvalue weighted by Crippen LogP contribution is 2.24. The maximum absolute atomic E-state index is 14.0. The highest BCUT2D eigenvalue weighted by Gasteiger charge is 2.16. The van der Waals surface area contributed by atoms with Gasteiger partial charge in [0.15, 0.2) is 10.8 Å². The van der Waals surface area contributed by atoms with Crippen LogP contribution in [0.1, 0.15) is 16.8 Å². The summed E-state index contributed by atoms with van der Waals surface area (Å²) in [6.45, 7) is 1.77. The molecule has 3 aromatic heterocycles. The van der Waals surface area contributed by atoms with Crippen molar-refractivity contribution >= 4 is 23.1 Å². The molecule has 0 aliphatic rings. The van der Waals surface area contributed by atoms with Gasteiger partial charge in [0.1, 0.15) is 17.5 Å². The Bertz CT molecular complexity index is 1150. The van der Waals surface area contributed by atoms with Crippen molar-refractivity contribution < 1.29 is 18.0 Å². The molecule has 0 unspecified atom stereocenters. The van der Waals surface area contributed by atoms with E-state index in [1.54, 1.807) is 36.9 Å². The number of hydrogen-bond donors (Lipinski definition) is 1. The van der Waals surface area contributed by atoms with Crippen LogP contribution in [0.4, 0.5) is 14.6 Å². The summed E-state index contributed by atoms with van der Waals surface area (Å²) in [5.41, 5.74) is 1.47. The lowest BCUT2D eigenvalue weighted by atomic mass is 10.2. The zero-order chi connectivity index (χ0) is 20.4.